The van der Waals surface area contributed by atoms with Crippen LogP contribution in [0.15, 0.2) is 30.5 Å². The second-order valence-corrected chi connectivity index (χ2v) is 4.93. The maximum atomic E-state index is 11.9. The smallest absolute Gasteiger partial charge is 0.410 e. The number of fused-ring (bicyclic) bond motifs is 1. The standard InChI is InChI=1S/C15H15N3O4/c19-14-12(6-8-18(14)21)17-15(20)22-13-5-1-3-10-9-16-7-2-4-11(10)13/h1-5,7,9,12,16,21H,6,8H2,(H,17,20)/t12-/m1/s1. The van der Waals surface area contributed by atoms with Gasteiger partial charge in [0.25, 0.3) is 5.91 Å². The summed E-state index contributed by atoms with van der Waals surface area (Å²) in [5.74, 6) is -0.137. The molecular weight excluding hydrogens is 286 g/mol. The molecule has 3 N–H and O–H groups in total. The quantitative estimate of drug-likeness (QED) is 0.635. The minimum atomic E-state index is -0.753. The van der Waals surface area contributed by atoms with Gasteiger partial charge in [-0.25, -0.2) is 9.86 Å². The number of benzene rings is 1. The van der Waals surface area contributed by atoms with Crippen LogP contribution in [-0.4, -0.2) is 34.9 Å². The summed E-state index contributed by atoms with van der Waals surface area (Å²) in [5.41, 5.74) is 0. The average Bonchev–Trinajstić information content (AvgIpc) is 2.71. The Morgan fingerprint density at radius 2 is 2.32 bits per heavy atom. The van der Waals surface area contributed by atoms with Gasteiger partial charge in [-0.3, -0.25) is 10.0 Å². The van der Waals surface area contributed by atoms with Gasteiger partial charge >= 0.3 is 6.09 Å². The number of allylic oxidation sites excluding steroid dienone is 1. The highest BCUT2D eigenvalue weighted by molar-refractivity contribution is 5.87. The Morgan fingerprint density at radius 1 is 1.45 bits per heavy atom. The zero-order valence-corrected chi connectivity index (χ0v) is 11.7. The van der Waals surface area contributed by atoms with Crippen molar-refractivity contribution in [3.05, 3.63) is 40.9 Å². The molecule has 0 bridgehead atoms. The van der Waals surface area contributed by atoms with Crippen molar-refractivity contribution in [2.45, 2.75) is 12.5 Å². The van der Waals surface area contributed by atoms with Crippen molar-refractivity contribution in [2.24, 2.45) is 0 Å². The van der Waals surface area contributed by atoms with Crippen molar-refractivity contribution in [1.82, 2.24) is 15.7 Å². The number of hydrogen-bond donors (Lipinski definition) is 3. The maximum absolute atomic E-state index is 11.9. The molecule has 1 saturated heterocycles. The molecule has 1 aromatic rings. The number of carbonyl (C=O) groups is 2. The summed E-state index contributed by atoms with van der Waals surface area (Å²) in [4.78, 5) is 23.5. The van der Waals surface area contributed by atoms with Crippen LogP contribution >= 0.6 is 0 Å². The second kappa shape index (κ2) is 5.90. The molecule has 0 saturated carbocycles. The first kappa shape index (κ1) is 14.2. The summed E-state index contributed by atoms with van der Waals surface area (Å²) in [6, 6.07) is 4.59. The summed E-state index contributed by atoms with van der Waals surface area (Å²) in [6.07, 6.45) is 6.81. The third kappa shape index (κ3) is 2.79. The van der Waals surface area contributed by atoms with E-state index in [-0.39, 0.29) is 6.54 Å². The van der Waals surface area contributed by atoms with Crippen LogP contribution in [0.1, 0.15) is 6.42 Å². The average molecular weight is 301 g/mol. The van der Waals surface area contributed by atoms with E-state index in [0.29, 0.717) is 17.2 Å². The van der Waals surface area contributed by atoms with Gasteiger partial charge in [-0.05, 0) is 24.6 Å². The molecule has 0 aromatic heterocycles. The van der Waals surface area contributed by atoms with E-state index in [2.05, 4.69) is 10.6 Å². The highest BCUT2D eigenvalue weighted by atomic mass is 16.6. The van der Waals surface area contributed by atoms with Crippen LogP contribution in [0.5, 0.6) is 5.75 Å². The van der Waals surface area contributed by atoms with Crippen molar-refractivity contribution < 1.29 is 19.5 Å². The summed E-state index contributed by atoms with van der Waals surface area (Å²) in [6.45, 7) is 0.198. The lowest BCUT2D eigenvalue weighted by Gasteiger charge is -2.11. The summed E-state index contributed by atoms with van der Waals surface area (Å²) < 4.78 is 5.30. The topological polar surface area (TPSA) is 90.9 Å². The Balaban J connectivity index is 1.77. The van der Waals surface area contributed by atoms with Gasteiger partial charge in [-0.15, -0.1) is 0 Å². The number of carbonyl (C=O) groups excluding carboxylic acids is 2. The molecule has 1 fully saturated rings. The molecule has 1 aromatic carbocycles. The third-order valence-corrected chi connectivity index (χ3v) is 3.47. The minimum absolute atomic E-state index is 0.198. The third-order valence-electron chi connectivity index (χ3n) is 3.47. The second-order valence-electron chi connectivity index (χ2n) is 4.93. The molecule has 0 unspecified atom stereocenters. The van der Waals surface area contributed by atoms with Gasteiger partial charge in [0, 0.05) is 22.8 Å². The van der Waals surface area contributed by atoms with Crippen molar-refractivity contribution in [2.75, 3.05) is 6.54 Å². The van der Waals surface area contributed by atoms with Crippen molar-refractivity contribution in [1.29, 1.82) is 0 Å². The van der Waals surface area contributed by atoms with Gasteiger partial charge in [0.05, 0.1) is 6.54 Å². The van der Waals surface area contributed by atoms with Crippen molar-refractivity contribution >= 4 is 24.3 Å². The zero-order valence-electron chi connectivity index (χ0n) is 11.7. The van der Waals surface area contributed by atoms with Crippen LogP contribution in [0.2, 0.25) is 0 Å². The molecule has 7 nitrogen and oxygen atoms in total. The lowest BCUT2D eigenvalue weighted by Crippen LogP contribution is -2.43. The number of hydrogen-bond acceptors (Lipinski definition) is 5. The summed E-state index contributed by atoms with van der Waals surface area (Å²) in [5, 5.41) is 16.9. The molecule has 7 heteroatoms. The predicted molar refractivity (Wildman–Crippen MR) is 78.0 cm³/mol. The first-order valence-corrected chi connectivity index (χ1v) is 6.86. The van der Waals surface area contributed by atoms with E-state index < -0.39 is 18.0 Å². The Bertz CT molecular complexity index is 757. The Labute approximate surface area is 126 Å². The van der Waals surface area contributed by atoms with Crippen LogP contribution < -0.4 is 25.8 Å². The van der Waals surface area contributed by atoms with E-state index in [4.69, 9.17) is 4.74 Å². The number of rotatable bonds is 2. The van der Waals surface area contributed by atoms with Gasteiger partial charge < -0.3 is 15.4 Å². The van der Waals surface area contributed by atoms with Gasteiger partial charge in [0.1, 0.15) is 11.8 Å². The summed E-state index contributed by atoms with van der Waals surface area (Å²) >= 11 is 0. The Kier molecular flexibility index (Phi) is 3.80. The fourth-order valence-electron chi connectivity index (χ4n) is 2.36. The van der Waals surface area contributed by atoms with Crippen LogP contribution in [0.25, 0.3) is 12.3 Å². The van der Waals surface area contributed by atoms with Crippen molar-refractivity contribution in [3.8, 4) is 5.75 Å². The SMILES string of the molecule is O=C(N[C@@H]1CCN(O)C1=O)Oc1cccc2c1=CC=CNC=2. The Hall–Kier alpha value is -2.80. The lowest BCUT2D eigenvalue weighted by atomic mass is 10.2. The van der Waals surface area contributed by atoms with Gasteiger partial charge in [-0.1, -0.05) is 12.1 Å². The number of nitrogens with zero attached hydrogens (tertiary/aromatic N) is 1. The number of amides is 2. The van der Waals surface area contributed by atoms with E-state index >= 15 is 0 Å². The molecule has 2 heterocycles. The van der Waals surface area contributed by atoms with Crippen LogP contribution in [0.3, 0.4) is 0 Å². The number of ether oxygens (including phenoxy) is 1. The van der Waals surface area contributed by atoms with Gasteiger partial charge in [0.15, 0.2) is 0 Å². The van der Waals surface area contributed by atoms with E-state index in [9.17, 15) is 14.8 Å². The van der Waals surface area contributed by atoms with Crippen LogP contribution in [-0.2, 0) is 4.79 Å². The van der Waals surface area contributed by atoms with E-state index in [0.717, 1.165) is 10.4 Å². The molecule has 0 radical (unpaired) electrons. The molecule has 3 rings (SSSR count). The largest absolute Gasteiger partial charge is 0.413 e. The van der Waals surface area contributed by atoms with Gasteiger partial charge in [-0.2, -0.15) is 0 Å². The lowest BCUT2D eigenvalue weighted by molar-refractivity contribution is -0.158. The maximum Gasteiger partial charge on any atom is 0.413 e. The molecule has 0 spiro atoms. The molecule has 22 heavy (non-hydrogen) atoms. The first-order chi connectivity index (χ1) is 10.6. The molecular formula is C15H15N3O4. The van der Waals surface area contributed by atoms with Crippen molar-refractivity contribution in [3.63, 3.8) is 0 Å². The van der Waals surface area contributed by atoms with E-state index in [1.165, 1.54) is 0 Å². The highest BCUT2D eigenvalue weighted by Crippen LogP contribution is 2.09. The fraction of sp³-hybridized carbons (Fsp3) is 0.200. The molecule has 2 aliphatic rings. The van der Waals surface area contributed by atoms with Gasteiger partial charge in [0.2, 0.25) is 0 Å². The number of nitrogens with one attached hydrogen (secondary N) is 2. The molecule has 114 valence electrons. The zero-order chi connectivity index (χ0) is 15.5. The first-order valence-electron chi connectivity index (χ1n) is 6.86. The predicted octanol–water partition coefficient (Wildman–Crippen LogP) is -0.599. The number of hydroxylamine groups is 2. The Morgan fingerprint density at radius 3 is 3.09 bits per heavy atom. The normalized spacial score (nSPS) is 19.4. The van der Waals surface area contributed by atoms with Crippen LogP contribution in [0, 0.1) is 0 Å². The minimum Gasteiger partial charge on any atom is -0.410 e. The summed E-state index contributed by atoms with van der Waals surface area (Å²) in [7, 11) is 0. The monoisotopic (exact) mass is 301 g/mol. The highest BCUT2D eigenvalue weighted by Gasteiger charge is 2.32. The fourth-order valence-corrected chi connectivity index (χ4v) is 2.36. The van der Waals surface area contributed by atoms with E-state index in [1.807, 2.05) is 12.1 Å². The molecule has 1 atom stereocenters. The molecule has 2 amide bonds. The molecule has 0 aliphatic carbocycles. The van der Waals surface area contributed by atoms with E-state index in [1.54, 1.807) is 30.6 Å². The molecule has 2 aliphatic heterocycles. The van der Waals surface area contributed by atoms with Crippen LogP contribution in [0.4, 0.5) is 4.79 Å².